The molecule has 1 saturated carbocycles. The molecule has 0 atom stereocenters. The van der Waals surface area contributed by atoms with Gasteiger partial charge >= 0.3 is 5.97 Å². The molecule has 4 rings (SSSR count). The molecule has 31 heavy (non-hydrogen) atoms. The monoisotopic (exact) mass is 461 g/mol. The normalized spacial score (nSPS) is 17.6. The van der Waals surface area contributed by atoms with E-state index >= 15 is 0 Å². The second-order valence-corrected chi connectivity index (χ2v) is 7.96. The molecule has 1 amide bonds. The van der Waals surface area contributed by atoms with Gasteiger partial charge in [-0.15, -0.1) is 0 Å². The molecule has 1 aliphatic carbocycles. The van der Waals surface area contributed by atoms with E-state index in [1.165, 1.54) is 7.11 Å². The molecular weight excluding hydrogens is 445 g/mol. The minimum atomic E-state index is -0.646. The SMILES string of the molecule is COC(=O)C1CC(Oc2cc(Cl)ccc2NC(=O)c2cc(=O)c3cccc(Cl)c3o2)C1. The molecule has 1 aliphatic rings. The fourth-order valence-corrected chi connectivity index (χ4v) is 3.71. The Kier molecular flexibility index (Phi) is 5.89. The van der Waals surface area contributed by atoms with Crippen LogP contribution in [0.1, 0.15) is 23.4 Å². The lowest BCUT2D eigenvalue weighted by molar-refractivity contribution is -0.151. The zero-order valence-electron chi connectivity index (χ0n) is 16.3. The third-order valence-corrected chi connectivity index (χ3v) is 5.58. The van der Waals surface area contributed by atoms with Crippen LogP contribution >= 0.6 is 23.2 Å². The van der Waals surface area contributed by atoms with Crippen LogP contribution in [0, 0.1) is 5.92 Å². The fourth-order valence-electron chi connectivity index (χ4n) is 3.34. The Balaban J connectivity index is 1.55. The number of carbonyl (C=O) groups excluding carboxylic acids is 2. The number of hydrogen-bond donors (Lipinski definition) is 1. The second-order valence-electron chi connectivity index (χ2n) is 7.12. The number of ether oxygens (including phenoxy) is 2. The van der Waals surface area contributed by atoms with E-state index < -0.39 is 5.91 Å². The number of anilines is 1. The third-order valence-electron chi connectivity index (χ3n) is 5.05. The number of fused-ring (bicyclic) bond motifs is 1. The van der Waals surface area contributed by atoms with Gasteiger partial charge in [0.25, 0.3) is 5.91 Å². The Bertz CT molecular complexity index is 1230. The van der Waals surface area contributed by atoms with Crippen LogP contribution in [-0.4, -0.2) is 25.1 Å². The average Bonchev–Trinajstić information content (AvgIpc) is 2.72. The summed E-state index contributed by atoms with van der Waals surface area (Å²) in [4.78, 5) is 36.7. The van der Waals surface area contributed by atoms with Crippen molar-refractivity contribution >= 4 is 51.7 Å². The van der Waals surface area contributed by atoms with Crippen molar-refractivity contribution in [1.29, 1.82) is 0 Å². The Morgan fingerprint density at radius 3 is 2.65 bits per heavy atom. The zero-order chi connectivity index (χ0) is 22.1. The van der Waals surface area contributed by atoms with E-state index in [9.17, 15) is 14.4 Å². The van der Waals surface area contributed by atoms with E-state index in [2.05, 4.69) is 5.32 Å². The van der Waals surface area contributed by atoms with Crippen molar-refractivity contribution in [2.75, 3.05) is 12.4 Å². The van der Waals surface area contributed by atoms with Crippen LogP contribution in [0.15, 0.2) is 51.7 Å². The summed E-state index contributed by atoms with van der Waals surface area (Å²) in [6, 6.07) is 10.6. The predicted molar refractivity (Wildman–Crippen MR) is 116 cm³/mol. The Hall–Kier alpha value is -3.03. The van der Waals surface area contributed by atoms with Gasteiger partial charge in [-0.2, -0.15) is 0 Å². The summed E-state index contributed by atoms with van der Waals surface area (Å²) in [7, 11) is 1.35. The van der Waals surface area contributed by atoms with Crippen molar-refractivity contribution in [3.8, 4) is 5.75 Å². The lowest BCUT2D eigenvalue weighted by atomic mass is 9.82. The van der Waals surface area contributed by atoms with Crippen molar-refractivity contribution < 1.29 is 23.5 Å². The Labute approximate surface area is 186 Å². The smallest absolute Gasteiger partial charge is 0.308 e. The first-order chi connectivity index (χ1) is 14.9. The van der Waals surface area contributed by atoms with Crippen LogP contribution in [0.25, 0.3) is 11.0 Å². The lowest BCUT2D eigenvalue weighted by Gasteiger charge is -2.33. The first kappa shape index (κ1) is 21.2. The molecular formula is C22H17Cl2NO6. The van der Waals surface area contributed by atoms with Gasteiger partial charge in [-0.05, 0) is 37.1 Å². The van der Waals surface area contributed by atoms with Crippen molar-refractivity contribution in [1.82, 2.24) is 0 Å². The first-order valence-corrected chi connectivity index (χ1v) is 10.2. The van der Waals surface area contributed by atoms with Gasteiger partial charge in [0.15, 0.2) is 16.8 Å². The number of para-hydroxylation sites is 1. The first-order valence-electron chi connectivity index (χ1n) is 9.43. The number of halogens is 2. The molecule has 1 aromatic heterocycles. The average molecular weight is 462 g/mol. The molecule has 0 unspecified atom stereocenters. The van der Waals surface area contributed by atoms with E-state index in [0.717, 1.165) is 6.07 Å². The molecule has 3 aromatic rings. The summed E-state index contributed by atoms with van der Waals surface area (Å²) in [5, 5.41) is 3.60. The van der Waals surface area contributed by atoms with Crippen LogP contribution in [0.5, 0.6) is 5.75 Å². The molecule has 0 saturated heterocycles. The molecule has 7 nitrogen and oxygen atoms in total. The Morgan fingerprint density at radius 2 is 1.90 bits per heavy atom. The van der Waals surface area contributed by atoms with Crippen LogP contribution in [0.2, 0.25) is 10.0 Å². The largest absolute Gasteiger partial charge is 0.488 e. The van der Waals surface area contributed by atoms with E-state index in [4.69, 9.17) is 37.1 Å². The molecule has 0 radical (unpaired) electrons. The molecule has 1 fully saturated rings. The van der Waals surface area contributed by atoms with Crippen LogP contribution in [0.4, 0.5) is 5.69 Å². The van der Waals surface area contributed by atoms with E-state index in [-0.39, 0.29) is 45.2 Å². The summed E-state index contributed by atoms with van der Waals surface area (Å²) in [6.45, 7) is 0. The zero-order valence-corrected chi connectivity index (χ0v) is 17.8. The Morgan fingerprint density at radius 1 is 1.13 bits per heavy atom. The van der Waals surface area contributed by atoms with E-state index in [0.29, 0.717) is 29.3 Å². The topological polar surface area (TPSA) is 94.8 Å². The number of rotatable bonds is 5. The van der Waals surface area contributed by atoms with Gasteiger partial charge in [-0.3, -0.25) is 14.4 Å². The van der Waals surface area contributed by atoms with Gasteiger partial charge in [0.1, 0.15) is 11.9 Å². The highest BCUT2D eigenvalue weighted by atomic mass is 35.5. The van der Waals surface area contributed by atoms with Crippen molar-refractivity contribution in [2.45, 2.75) is 18.9 Å². The minimum absolute atomic E-state index is 0.137. The molecule has 0 spiro atoms. The predicted octanol–water partition coefficient (Wildman–Crippen LogP) is 4.68. The van der Waals surface area contributed by atoms with Gasteiger partial charge in [0.05, 0.1) is 29.1 Å². The van der Waals surface area contributed by atoms with E-state index in [1.807, 2.05) is 0 Å². The summed E-state index contributed by atoms with van der Waals surface area (Å²) in [5.41, 5.74) is 0.0975. The molecule has 1 N–H and O–H groups in total. The van der Waals surface area contributed by atoms with Crippen LogP contribution in [0.3, 0.4) is 0 Å². The summed E-state index contributed by atoms with van der Waals surface area (Å²) in [6.07, 6.45) is 0.797. The quantitative estimate of drug-likeness (QED) is 0.554. The van der Waals surface area contributed by atoms with Crippen molar-refractivity contribution in [2.24, 2.45) is 5.92 Å². The van der Waals surface area contributed by atoms with Gasteiger partial charge in [0, 0.05) is 17.2 Å². The van der Waals surface area contributed by atoms with Crippen molar-refractivity contribution in [3.05, 3.63) is 68.5 Å². The standard InChI is InChI=1S/C22H17Cl2NO6/c1-29-22(28)11-7-13(8-11)30-18-9-12(23)5-6-16(18)25-21(27)19-10-17(26)14-3-2-4-15(24)20(14)31-19/h2-6,9-11,13H,7-8H2,1H3,(H,25,27). The number of hydrogen-bond acceptors (Lipinski definition) is 6. The van der Waals surface area contributed by atoms with Gasteiger partial charge in [0.2, 0.25) is 0 Å². The number of benzene rings is 2. The number of amides is 1. The highest BCUT2D eigenvalue weighted by molar-refractivity contribution is 6.34. The van der Waals surface area contributed by atoms with Crippen LogP contribution in [-0.2, 0) is 9.53 Å². The maximum atomic E-state index is 12.8. The minimum Gasteiger partial charge on any atom is -0.488 e. The summed E-state index contributed by atoms with van der Waals surface area (Å²) in [5.74, 6) is -0.975. The highest BCUT2D eigenvalue weighted by Crippen LogP contribution is 2.36. The summed E-state index contributed by atoms with van der Waals surface area (Å²) >= 11 is 12.2. The number of esters is 1. The van der Waals surface area contributed by atoms with Gasteiger partial charge < -0.3 is 19.2 Å². The lowest BCUT2D eigenvalue weighted by Crippen LogP contribution is -2.39. The van der Waals surface area contributed by atoms with Gasteiger partial charge in [-0.1, -0.05) is 29.3 Å². The maximum Gasteiger partial charge on any atom is 0.308 e. The summed E-state index contributed by atoms with van der Waals surface area (Å²) < 4.78 is 16.2. The number of nitrogens with one attached hydrogen (secondary N) is 1. The van der Waals surface area contributed by atoms with Crippen molar-refractivity contribution in [3.63, 3.8) is 0 Å². The number of carbonyl (C=O) groups is 2. The molecule has 0 bridgehead atoms. The van der Waals surface area contributed by atoms with Crippen LogP contribution < -0.4 is 15.5 Å². The molecule has 160 valence electrons. The fraction of sp³-hybridized carbons (Fsp3) is 0.227. The molecule has 9 heteroatoms. The number of methoxy groups -OCH3 is 1. The third kappa shape index (κ3) is 4.38. The second kappa shape index (κ2) is 8.61. The molecule has 1 heterocycles. The molecule has 0 aliphatic heterocycles. The van der Waals surface area contributed by atoms with E-state index in [1.54, 1.807) is 36.4 Å². The highest BCUT2D eigenvalue weighted by Gasteiger charge is 2.37. The molecule has 2 aromatic carbocycles. The maximum absolute atomic E-state index is 12.8. The van der Waals surface area contributed by atoms with Gasteiger partial charge in [-0.25, -0.2) is 0 Å².